The van der Waals surface area contributed by atoms with Crippen LogP contribution in [0.2, 0.25) is 0 Å². The molecule has 0 atom stereocenters. The van der Waals surface area contributed by atoms with Gasteiger partial charge in [-0.1, -0.05) is 0 Å². The lowest BCUT2D eigenvalue weighted by Crippen LogP contribution is -2.11. The minimum Gasteiger partial charge on any atom is -0.258 e. The Bertz CT molecular complexity index is 1170. The Hall–Kier alpha value is -3.35. The number of rotatable bonds is 4. The van der Waals surface area contributed by atoms with E-state index in [1.807, 2.05) is 0 Å². The van der Waals surface area contributed by atoms with Gasteiger partial charge in [-0.25, -0.2) is 23.1 Å². The molecule has 0 aliphatic carbocycles. The quantitative estimate of drug-likeness (QED) is 0.476. The van der Waals surface area contributed by atoms with Crippen LogP contribution < -0.4 is 0 Å². The van der Waals surface area contributed by atoms with Crippen LogP contribution in [-0.2, 0) is 16.0 Å². The van der Waals surface area contributed by atoms with Crippen molar-refractivity contribution in [1.29, 1.82) is 0 Å². The highest BCUT2D eigenvalue weighted by Crippen LogP contribution is 2.32. The van der Waals surface area contributed by atoms with E-state index in [1.54, 1.807) is 0 Å². The molecule has 2 aromatic heterocycles. The fourth-order valence-electron chi connectivity index (χ4n) is 2.33. The summed E-state index contributed by atoms with van der Waals surface area (Å²) in [5.41, 5.74) is -1.45. The van der Waals surface area contributed by atoms with Gasteiger partial charge in [0.05, 0.1) is 21.6 Å². The van der Waals surface area contributed by atoms with E-state index in [4.69, 9.17) is 0 Å². The molecule has 0 saturated heterocycles. The lowest BCUT2D eigenvalue weighted by atomic mass is 10.1. The second-order valence-corrected chi connectivity index (χ2v) is 7.64. The van der Waals surface area contributed by atoms with Crippen LogP contribution in [0.15, 0.2) is 47.8 Å². The molecule has 0 aliphatic heterocycles. The molecule has 2 heterocycles. The Morgan fingerprint density at radius 2 is 1.93 bits per heavy atom. The summed E-state index contributed by atoms with van der Waals surface area (Å²) in [4.78, 5) is 17.4. The normalized spacial score (nSPS) is 12.1. The summed E-state index contributed by atoms with van der Waals surface area (Å²) >= 11 is 0. The van der Waals surface area contributed by atoms with Crippen LogP contribution in [0, 0.1) is 10.1 Å². The molecule has 3 aromatic rings. The zero-order chi connectivity index (χ0) is 20.7. The van der Waals surface area contributed by atoms with Crippen LogP contribution in [0.5, 0.6) is 0 Å². The summed E-state index contributed by atoms with van der Waals surface area (Å²) in [6.07, 6.45) is -0.470. The van der Waals surface area contributed by atoms with Gasteiger partial charge in [0, 0.05) is 30.3 Å². The smallest absolute Gasteiger partial charge is 0.258 e. The highest BCUT2D eigenvalue weighted by atomic mass is 32.2. The minimum absolute atomic E-state index is 0.0376. The van der Waals surface area contributed by atoms with Gasteiger partial charge in [0.1, 0.15) is 5.69 Å². The van der Waals surface area contributed by atoms with E-state index in [1.165, 1.54) is 24.5 Å². The van der Waals surface area contributed by atoms with Crippen molar-refractivity contribution in [2.45, 2.75) is 11.1 Å². The third kappa shape index (κ3) is 3.83. The Labute approximate surface area is 155 Å². The van der Waals surface area contributed by atoms with Gasteiger partial charge in [-0.3, -0.25) is 10.1 Å². The summed E-state index contributed by atoms with van der Waals surface area (Å²) in [7, 11) is -3.67. The first-order chi connectivity index (χ1) is 13.0. The molecule has 0 fully saturated rings. The SMILES string of the molecule is CS(=O)(=O)c1ccc(-c2cnn(-c3nccc(C(F)(F)F)n3)c2)c([N+](=O)[O-])c1. The van der Waals surface area contributed by atoms with Crippen LogP contribution in [0.25, 0.3) is 17.1 Å². The first-order valence-electron chi connectivity index (χ1n) is 7.41. The number of hydrogen-bond acceptors (Lipinski definition) is 7. The number of nitrogens with zero attached hydrogens (tertiary/aromatic N) is 5. The molecule has 146 valence electrons. The fourth-order valence-corrected chi connectivity index (χ4v) is 2.97. The average molecular weight is 413 g/mol. The van der Waals surface area contributed by atoms with Gasteiger partial charge in [0.15, 0.2) is 9.84 Å². The van der Waals surface area contributed by atoms with Gasteiger partial charge in [-0.2, -0.15) is 18.3 Å². The summed E-state index contributed by atoms with van der Waals surface area (Å²) in [5.74, 6) is -0.378. The summed E-state index contributed by atoms with van der Waals surface area (Å²) in [5, 5.41) is 15.2. The number of sulfone groups is 1. The number of alkyl halides is 3. The average Bonchev–Trinajstić information content (AvgIpc) is 3.09. The van der Waals surface area contributed by atoms with Crippen LogP contribution in [-0.4, -0.2) is 39.3 Å². The molecule has 0 bridgehead atoms. The fraction of sp³-hybridized carbons (Fsp3) is 0.133. The van der Waals surface area contributed by atoms with E-state index in [2.05, 4.69) is 15.1 Å². The van der Waals surface area contributed by atoms with Gasteiger partial charge < -0.3 is 0 Å². The Morgan fingerprint density at radius 3 is 2.54 bits per heavy atom. The summed E-state index contributed by atoms with van der Waals surface area (Å²) in [6.45, 7) is 0. The maximum absolute atomic E-state index is 12.8. The molecule has 3 rings (SSSR count). The van der Waals surface area contributed by atoms with Gasteiger partial charge in [0.25, 0.3) is 11.6 Å². The lowest BCUT2D eigenvalue weighted by Gasteiger charge is -2.06. The molecule has 1 aromatic carbocycles. The maximum atomic E-state index is 12.8. The van der Waals surface area contributed by atoms with Crippen LogP contribution in [0.4, 0.5) is 18.9 Å². The molecule has 0 radical (unpaired) electrons. The number of hydrogen-bond donors (Lipinski definition) is 0. The zero-order valence-electron chi connectivity index (χ0n) is 14.0. The Balaban J connectivity index is 2.07. The van der Waals surface area contributed by atoms with E-state index in [-0.39, 0.29) is 22.0 Å². The number of halogens is 3. The monoisotopic (exact) mass is 413 g/mol. The topological polar surface area (TPSA) is 121 Å². The van der Waals surface area contributed by atoms with Crippen LogP contribution >= 0.6 is 0 Å². The van der Waals surface area contributed by atoms with Crippen molar-refractivity contribution in [3.63, 3.8) is 0 Å². The predicted molar refractivity (Wildman–Crippen MR) is 89.4 cm³/mol. The Kier molecular flexibility index (Phi) is 4.62. The van der Waals surface area contributed by atoms with E-state index in [0.717, 1.165) is 23.2 Å². The molecule has 0 unspecified atom stereocenters. The summed E-state index contributed by atoms with van der Waals surface area (Å²) < 4.78 is 62.5. The minimum atomic E-state index is -4.67. The van der Waals surface area contributed by atoms with Gasteiger partial charge in [-0.05, 0) is 18.2 Å². The molecule has 9 nitrogen and oxygen atoms in total. The molecule has 13 heteroatoms. The molecular weight excluding hydrogens is 403 g/mol. The highest BCUT2D eigenvalue weighted by molar-refractivity contribution is 7.90. The third-order valence-electron chi connectivity index (χ3n) is 3.63. The molecule has 0 aliphatic rings. The van der Waals surface area contributed by atoms with Crippen molar-refractivity contribution in [2.24, 2.45) is 0 Å². The Morgan fingerprint density at radius 1 is 1.21 bits per heavy atom. The summed E-state index contributed by atoms with van der Waals surface area (Å²) in [6, 6.07) is 4.02. The molecule has 0 amide bonds. The van der Waals surface area contributed by atoms with Crippen molar-refractivity contribution in [3.05, 3.63) is 58.7 Å². The van der Waals surface area contributed by atoms with Crippen LogP contribution in [0.3, 0.4) is 0 Å². The first-order valence-corrected chi connectivity index (χ1v) is 9.30. The van der Waals surface area contributed by atoms with Crippen molar-refractivity contribution in [1.82, 2.24) is 19.7 Å². The second kappa shape index (κ2) is 6.67. The van der Waals surface area contributed by atoms with Crippen molar-refractivity contribution < 1.29 is 26.5 Å². The van der Waals surface area contributed by atoms with E-state index in [0.29, 0.717) is 6.07 Å². The number of benzene rings is 1. The molecule has 0 N–H and O–H groups in total. The number of aromatic nitrogens is 4. The molecule has 28 heavy (non-hydrogen) atoms. The molecular formula is C15H10F3N5O4S. The largest absolute Gasteiger partial charge is 0.433 e. The van der Waals surface area contributed by atoms with Gasteiger partial charge in [0.2, 0.25) is 0 Å². The van der Waals surface area contributed by atoms with E-state index in [9.17, 15) is 31.7 Å². The lowest BCUT2D eigenvalue weighted by molar-refractivity contribution is -0.384. The number of nitro groups is 1. The van der Waals surface area contributed by atoms with Crippen molar-refractivity contribution >= 4 is 15.5 Å². The van der Waals surface area contributed by atoms with Gasteiger partial charge in [-0.15, -0.1) is 0 Å². The van der Waals surface area contributed by atoms with Gasteiger partial charge >= 0.3 is 6.18 Å². The van der Waals surface area contributed by atoms with Crippen molar-refractivity contribution in [3.8, 4) is 17.1 Å². The predicted octanol–water partition coefficient (Wildman–Crippen LogP) is 2.66. The molecule has 0 spiro atoms. The first kappa shape index (κ1) is 19.4. The van der Waals surface area contributed by atoms with Crippen molar-refractivity contribution in [2.75, 3.05) is 6.26 Å². The highest BCUT2D eigenvalue weighted by Gasteiger charge is 2.33. The van der Waals surface area contributed by atoms with E-state index >= 15 is 0 Å². The van der Waals surface area contributed by atoms with Crippen LogP contribution in [0.1, 0.15) is 5.69 Å². The zero-order valence-corrected chi connectivity index (χ0v) is 14.8. The number of nitro benzene ring substituents is 1. The molecule has 0 saturated carbocycles. The standard InChI is InChI=1S/C15H10F3N5O4S/c1-28(26,27)10-2-3-11(12(6-10)23(24)25)9-7-20-22(8-9)14-19-5-4-13(21-14)15(16,17)18/h2-8H,1H3. The second-order valence-electron chi connectivity index (χ2n) is 5.62. The van der Waals surface area contributed by atoms with E-state index < -0.39 is 32.3 Å². The maximum Gasteiger partial charge on any atom is 0.433 e. The third-order valence-corrected chi connectivity index (χ3v) is 4.74.